The van der Waals surface area contributed by atoms with Crippen molar-refractivity contribution in [1.82, 2.24) is 4.98 Å². The zero-order chi connectivity index (χ0) is 29.5. The minimum absolute atomic E-state index is 0.103. The van der Waals surface area contributed by atoms with Crippen LogP contribution in [0.15, 0.2) is 24.5 Å². The van der Waals surface area contributed by atoms with Crippen molar-refractivity contribution in [2.45, 2.75) is 54.9 Å². The Hall–Kier alpha value is -4.09. The highest BCUT2D eigenvalue weighted by Crippen LogP contribution is 2.09. The van der Waals surface area contributed by atoms with E-state index >= 15 is 0 Å². The molecule has 0 aromatic carbocycles. The van der Waals surface area contributed by atoms with Crippen LogP contribution in [0.3, 0.4) is 0 Å². The smallest absolute Gasteiger partial charge is 0.379 e. The van der Waals surface area contributed by atoms with Crippen LogP contribution in [0.5, 0.6) is 0 Å². The Balaban J connectivity index is 0. The molecule has 0 aliphatic heterocycles. The minimum atomic E-state index is -0.853. The molecule has 0 bridgehead atoms. The monoisotopic (exact) mass is 539 g/mol. The number of nitrogens with zero attached hydrogens (tertiary/aromatic N) is 1. The fourth-order valence-electron chi connectivity index (χ4n) is 2.20. The van der Waals surface area contributed by atoms with E-state index < -0.39 is 29.7 Å². The average Bonchev–Trinajstić information content (AvgIpc) is 2.85. The van der Waals surface area contributed by atoms with Crippen LogP contribution in [0.1, 0.15) is 74.5 Å². The Morgan fingerprint density at radius 3 is 1.79 bits per heavy atom. The molecular formula is C26H37NO11. The summed E-state index contributed by atoms with van der Waals surface area (Å²) in [6.45, 7) is 13.2. The molecular weight excluding hydrogens is 502 g/mol. The van der Waals surface area contributed by atoms with E-state index in [4.69, 9.17) is 14.2 Å². The topological polar surface area (TPSA) is 161 Å². The SMILES string of the molecule is CCOC(=O)CC(C)=O.CCOC(=O)c1ccc(C(=O)OCC)c(C)n1.CCOC=CC(=O)C(=O)OCC. The Morgan fingerprint density at radius 2 is 1.32 bits per heavy atom. The van der Waals surface area contributed by atoms with Gasteiger partial charge in [0.25, 0.3) is 5.78 Å². The normalized spacial score (nSPS) is 9.55. The maximum atomic E-state index is 11.5. The first-order chi connectivity index (χ1) is 18.0. The van der Waals surface area contributed by atoms with Gasteiger partial charge in [0.15, 0.2) is 0 Å². The third kappa shape index (κ3) is 17.4. The summed E-state index contributed by atoms with van der Waals surface area (Å²) >= 11 is 0. The van der Waals surface area contributed by atoms with Gasteiger partial charge < -0.3 is 23.7 Å². The fraction of sp³-hybridized carbons (Fsp3) is 0.500. The van der Waals surface area contributed by atoms with Crippen molar-refractivity contribution in [2.24, 2.45) is 0 Å². The van der Waals surface area contributed by atoms with Crippen LogP contribution in [0, 0.1) is 6.92 Å². The van der Waals surface area contributed by atoms with E-state index in [9.17, 15) is 28.8 Å². The zero-order valence-corrected chi connectivity index (χ0v) is 23.0. The third-order valence-electron chi connectivity index (χ3n) is 3.72. The van der Waals surface area contributed by atoms with Crippen LogP contribution in [0.4, 0.5) is 0 Å². The minimum Gasteiger partial charge on any atom is -0.501 e. The van der Waals surface area contributed by atoms with E-state index in [1.807, 2.05) is 0 Å². The van der Waals surface area contributed by atoms with Crippen LogP contribution in [0.25, 0.3) is 0 Å². The molecule has 0 spiro atoms. The first-order valence-electron chi connectivity index (χ1n) is 11.9. The second kappa shape index (κ2) is 22.1. The first-order valence-corrected chi connectivity index (χ1v) is 11.9. The number of Topliss-reactive ketones (excluding diaryl/α,β-unsaturated/α-hetero) is 1. The van der Waals surface area contributed by atoms with Crippen LogP contribution in [0.2, 0.25) is 0 Å². The summed E-state index contributed by atoms with van der Waals surface area (Å²) in [6, 6.07) is 2.98. The highest BCUT2D eigenvalue weighted by Gasteiger charge is 2.15. The van der Waals surface area contributed by atoms with Crippen molar-refractivity contribution >= 4 is 35.4 Å². The van der Waals surface area contributed by atoms with Crippen LogP contribution in [-0.2, 0) is 42.9 Å². The number of rotatable bonds is 12. The van der Waals surface area contributed by atoms with Gasteiger partial charge in [-0.3, -0.25) is 14.4 Å². The second-order valence-electron chi connectivity index (χ2n) is 6.80. The van der Waals surface area contributed by atoms with Gasteiger partial charge in [0, 0.05) is 6.08 Å². The molecule has 0 unspecified atom stereocenters. The number of carbonyl (C=O) groups excluding carboxylic acids is 6. The Morgan fingerprint density at radius 1 is 0.763 bits per heavy atom. The highest BCUT2D eigenvalue weighted by atomic mass is 16.5. The van der Waals surface area contributed by atoms with Gasteiger partial charge in [-0.15, -0.1) is 0 Å². The molecule has 38 heavy (non-hydrogen) atoms. The van der Waals surface area contributed by atoms with E-state index in [-0.39, 0.29) is 24.5 Å². The summed E-state index contributed by atoms with van der Waals surface area (Å²) in [7, 11) is 0. The summed E-state index contributed by atoms with van der Waals surface area (Å²) in [5.41, 5.74) is 1.01. The molecule has 212 valence electrons. The van der Waals surface area contributed by atoms with Crippen molar-refractivity contribution in [3.63, 3.8) is 0 Å². The molecule has 0 aliphatic rings. The molecule has 1 heterocycles. The predicted molar refractivity (Wildman–Crippen MR) is 135 cm³/mol. The highest BCUT2D eigenvalue weighted by molar-refractivity contribution is 6.38. The Bertz CT molecular complexity index is 955. The number of carbonyl (C=O) groups is 6. The summed E-state index contributed by atoms with van der Waals surface area (Å²) in [6.07, 6.45) is 2.12. The lowest BCUT2D eigenvalue weighted by Gasteiger charge is -2.06. The lowest BCUT2D eigenvalue weighted by atomic mass is 10.2. The van der Waals surface area contributed by atoms with Crippen molar-refractivity contribution < 1.29 is 52.5 Å². The second-order valence-corrected chi connectivity index (χ2v) is 6.80. The Labute approximate surface area is 222 Å². The van der Waals surface area contributed by atoms with Gasteiger partial charge in [0.05, 0.1) is 50.6 Å². The molecule has 0 atom stereocenters. The van der Waals surface area contributed by atoms with Crippen LogP contribution >= 0.6 is 0 Å². The maximum absolute atomic E-state index is 11.5. The van der Waals surface area contributed by atoms with Crippen LogP contribution < -0.4 is 0 Å². The molecule has 1 aromatic rings. The number of esters is 4. The van der Waals surface area contributed by atoms with E-state index in [1.165, 1.54) is 25.3 Å². The fourth-order valence-corrected chi connectivity index (χ4v) is 2.20. The number of ketones is 2. The number of aromatic nitrogens is 1. The van der Waals surface area contributed by atoms with E-state index in [2.05, 4.69) is 14.5 Å². The van der Waals surface area contributed by atoms with Gasteiger partial charge in [-0.1, -0.05) is 0 Å². The van der Waals surface area contributed by atoms with Crippen molar-refractivity contribution in [2.75, 3.05) is 33.0 Å². The molecule has 1 rings (SSSR count). The molecule has 0 saturated heterocycles. The zero-order valence-electron chi connectivity index (χ0n) is 23.0. The summed E-state index contributed by atoms with van der Waals surface area (Å²) in [5.74, 6) is -3.09. The number of aryl methyl sites for hydroxylation is 1. The molecule has 0 aliphatic carbocycles. The van der Waals surface area contributed by atoms with Crippen molar-refractivity contribution in [3.05, 3.63) is 41.4 Å². The first kappa shape index (κ1) is 36.1. The molecule has 1 aromatic heterocycles. The predicted octanol–water partition coefficient (Wildman–Crippen LogP) is 2.94. The number of hydrogen-bond acceptors (Lipinski definition) is 12. The standard InChI is InChI=1S/C12H15NO4.C8H12O4.C6H10O3/c1-4-16-11(14)9-6-7-10(13-8(9)3)12(15)17-5-2;1-3-11-6-5-7(9)8(10)12-4-2;1-3-9-6(8)4-5(2)7/h6-7H,4-5H2,1-3H3;5-6H,3-4H2,1-2H3;3-4H2,1-2H3. The number of ether oxygens (including phenoxy) is 5. The van der Waals surface area contributed by atoms with E-state index in [0.29, 0.717) is 37.7 Å². The quantitative estimate of drug-likeness (QED) is 0.0955. The number of hydrogen-bond donors (Lipinski definition) is 0. The molecule has 0 N–H and O–H groups in total. The molecule has 12 nitrogen and oxygen atoms in total. The van der Waals surface area contributed by atoms with Gasteiger partial charge in [0.1, 0.15) is 17.9 Å². The molecule has 0 amide bonds. The van der Waals surface area contributed by atoms with Gasteiger partial charge in [-0.25, -0.2) is 19.4 Å². The van der Waals surface area contributed by atoms with E-state index in [1.54, 1.807) is 41.5 Å². The third-order valence-corrected chi connectivity index (χ3v) is 3.72. The lowest BCUT2D eigenvalue weighted by Crippen LogP contribution is -2.14. The largest absolute Gasteiger partial charge is 0.501 e. The summed E-state index contributed by atoms with van der Waals surface area (Å²) in [5, 5.41) is 0. The van der Waals surface area contributed by atoms with Gasteiger partial charge >= 0.3 is 23.9 Å². The number of pyridine rings is 1. The lowest BCUT2D eigenvalue weighted by molar-refractivity contribution is -0.151. The van der Waals surface area contributed by atoms with Gasteiger partial charge in [-0.2, -0.15) is 0 Å². The average molecular weight is 540 g/mol. The molecule has 0 saturated carbocycles. The molecule has 0 radical (unpaired) electrons. The van der Waals surface area contributed by atoms with Gasteiger partial charge in [0.2, 0.25) is 0 Å². The molecule has 0 fully saturated rings. The van der Waals surface area contributed by atoms with Crippen molar-refractivity contribution in [1.29, 1.82) is 0 Å². The van der Waals surface area contributed by atoms with Gasteiger partial charge in [-0.05, 0) is 60.6 Å². The maximum Gasteiger partial charge on any atom is 0.379 e. The van der Waals surface area contributed by atoms with Crippen molar-refractivity contribution in [3.8, 4) is 0 Å². The van der Waals surface area contributed by atoms with E-state index in [0.717, 1.165) is 6.08 Å². The molecule has 12 heteroatoms. The summed E-state index contributed by atoms with van der Waals surface area (Å²) in [4.78, 5) is 69.0. The van der Waals surface area contributed by atoms with Crippen LogP contribution in [-0.4, -0.2) is 73.5 Å². The Kier molecular flexibility index (Phi) is 21.0. The summed E-state index contributed by atoms with van der Waals surface area (Å²) < 4.78 is 23.3.